The molecule has 0 unspecified atom stereocenters. The number of nitrogens with one attached hydrogen (secondary N) is 1. The van der Waals surface area contributed by atoms with E-state index >= 15 is 0 Å². The van der Waals surface area contributed by atoms with Crippen molar-refractivity contribution in [1.29, 1.82) is 0 Å². The first-order valence-electron chi connectivity index (χ1n) is 8.33. The van der Waals surface area contributed by atoms with Crippen molar-refractivity contribution in [3.63, 3.8) is 0 Å². The Morgan fingerprint density at radius 3 is 2.60 bits per heavy atom. The second-order valence-corrected chi connectivity index (χ2v) is 5.63. The first-order valence-corrected chi connectivity index (χ1v) is 8.33. The Balaban J connectivity index is 2.10. The lowest BCUT2D eigenvalue weighted by atomic mass is 10.1. The van der Waals surface area contributed by atoms with Crippen molar-refractivity contribution >= 4 is 17.7 Å². The van der Waals surface area contributed by atoms with E-state index in [0.717, 1.165) is 25.7 Å². The van der Waals surface area contributed by atoms with Crippen molar-refractivity contribution in [2.75, 3.05) is 11.9 Å². The van der Waals surface area contributed by atoms with E-state index < -0.39 is 11.9 Å². The smallest absolute Gasteiger partial charge is 0.335 e. The van der Waals surface area contributed by atoms with E-state index in [4.69, 9.17) is 4.74 Å². The molecule has 0 aliphatic heterocycles. The van der Waals surface area contributed by atoms with Crippen LogP contribution in [0.15, 0.2) is 42.6 Å². The minimum Gasteiger partial charge on any atom is -0.494 e. The van der Waals surface area contributed by atoms with Crippen molar-refractivity contribution in [3.05, 3.63) is 53.7 Å². The molecule has 25 heavy (non-hydrogen) atoms. The number of pyridine rings is 1. The molecule has 0 aliphatic rings. The number of hydrogen-bond donors (Lipinski definition) is 2. The van der Waals surface area contributed by atoms with Crippen LogP contribution >= 0.6 is 0 Å². The van der Waals surface area contributed by atoms with E-state index in [1.54, 1.807) is 30.5 Å². The maximum atomic E-state index is 12.4. The Morgan fingerprint density at radius 2 is 1.92 bits per heavy atom. The van der Waals surface area contributed by atoms with Gasteiger partial charge in [-0.2, -0.15) is 0 Å². The molecule has 0 saturated carbocycles. The van der Waals surface area contributed by atoms with Crippen molar-refractivity contribution < 1.29 is 19.4 Å². The summed E-state index contributed by atoms with van der Waals surface area (Å²) in [7, 11) is 0. The summed E-state index contributed by atoms with van der Waals surface area (Å²) in [5.41, 5.74) is 0.228. The van der Waals surface area contributed by atoms with E-state index in [-0.39, 0.29) is 11.1 Å². The SMILES string of the molecule is CCCCCCOc1cc(C(=O)O)cc(C(=O)Nc2ccccn2)c1. The number of anilines is 1. The summed E-state index contributed by atoms with van der Waals surface area (Å²) in [6, 6.07) is 9.45. The van der Waals surface area contributed by atoms with Crippen LogP contribution in [0.1, 0.15) is 53.3 Å². The third kappa shape index (κ3) is 5.91. The number of carboxylic acid groups (broad SMARTS) is 1. The van der Waals surface area contributed by atoms with Crippen LogP contribution in [0.3, 0.4) is 0 Å². The topological polar surface area (TPSA) is 88.5 Å². The molecule has 6 nitrogen and oxygen atoms in total. The van der Waals surface area contributed by atoms with Gasteiger partial charge in [-0.05, 0) is 36.8 Å². The van der Waals surface area contributed by atoms with Gasteiger partial charge in [-0.25, -0.2) is 9.78 Å². The van der Waals surface area contributed by atoms with Crippen molar-refractivity contribution in [2.45, 2.75) is 32.6 Å². The highest BCUT2D eigenvalue weighted by Crippen LogP contribution is 2.19. The highest BCUT2D eigenvalue weighted by molar-refractivity contribution is 6.05. The molecule has 0 atom stereocenters. The van der Waals surface area contributed by atoms with Crippen LogP contribution in [-0.4, -0.2) is 28.6 Å². The third-order valence-electron chi connectivity index (χ3n) is 3.59. The van der Waals surface area contributed by atoms with Gasteiger partial charge in [0.1, 0.15) is 11.6 Å². The fourth-order valence-corrected chi connectivity index (χ4v) is 2.28. The summed E-state index contributed by atoms with van der Waals surface area (Å²) in [4.78, 5) is 27.7. The zero-order valence-corrected chi connectivity index (χ0v) is 14.2. The van der Waals surface area contributed by atoms with Gasteiger partial charge in [-0.1, -0.05) is 32.3 Å². The van der Waals surface area contributed by atoms with Gasteiger partial charge in [0.25, 0.3) is 5.91 Å². The Kier molecular flexibility index (Phi) is 6.95. The molecule has 1 aromatic carbocycles. The van der Waals surface area contributed by atoms with Crippen LogP contribution in [-0.2, 0) is 0 Å². The van der Waals surface area contributed by atoms with E-state index in [0.29, 0.717) is 18.2 Å². The number of aromatic carboxylic acids is 1. The minimum absolute atomic E-state index is 0.0113. The van der Waals surface area contributed by atoms with Gasteiger partial charge in [-0.15, -0.1) is 0 Å². The molecule has 132 valence electrons. The zero-order valence-electron chi connectivity index (χ0n) is 14.2. The van der Waals surface area contributed by atoms with E-state index in [2.05, 4.69) is 17.2 Å². The molecular weight excluding hydrogens is 320 g/mol. The number of aromatic nitrogens is 1. The average molecular weight is 342 g/mol. The van der Waals surface area contributed by atoms with Gasteiger partial charge in [0, 0.05) is 11.8 Å². The lowest BCUT2D eigenvalue weighted by molar-refractivity contribution is 0.0696. The molecule has 0 spiro atoms. The summed E-state index contributed by atoms with van der Waals surface area (Å²) in [6.45, 7) is 2.62. The third-order valence-corrected chi connectivity index (χ3v) is 3.59. The number of hydrogen-bond acceptors (Lipinski definition) is 4. The van der Waals surface area contributed by atoms with Crippen LogP contribution in [0.5, 0.6) is 5.75 Å². The summed E-state index contributed by atoms with van der Waals surface area (Å²) in [6.07, 6.45) is 5.78. The Bertz CT molecular complexity index is 717. The van der Waals surface area contributed by atoms with Crippen molar-refractivity contribution in [1.82, 2.24) is 4.98 Å². The number of carbonyl (C=O) groups excluding carboxylic acids is 1. The molecule has 0 aliphatic carbocycles. The van der Waals surface area contributed by atoms with E-state index in [1.807, 2.05) is 0 Å². The summed E-state index contributed by atoms with van der Waals surface area (Å²) >= 11 is 0. The lowest BCUT2D eigenvalue weighted by Gasteiger charge is -2.10. The fourth-order valence-electron chi connectivity index (χ4n) is 2.28. The monoisotopic (exact) mass is 342 g/mol. The number of ether oxygens (including phenoxy) is 1. The second-order valence-electron chi connectivity index (χ2n) is 5.63. The maximum absolute atomic E-state index is 12.4. The van der Waals surface area contributed by atoms with E-state index in [1.165, 1.54) is 12.1 Å². The number of carboxylic acids is 1. The van der Waals surface area contributed by atoms with E-state index in [9.17, 15) is 14.7 Å². The molecule has 2 N–H and O–H groups in total. The van der Waals surface area contributed by atoms with Gasteiger partial charge in [0.15, 0.2) is 0 Å². The summed E-state index contributed by atoms with van der Waals surface area (Å²) in [5, 5.41) is 11.9. The molecule has 2 aromatic rings. The predicted octanol–water partition coefficient (Wildman–Crippen LogP) is 3.99. The highest BCUT2D eigenvalue weighted by atomic mass is 16.5. The van der Waals surface area contributed by atoms with Gasteiger partial charge < -0.3 is 15.2 Å². The number of rotatable bonds is 9. The molecular formula is C19H22N2O4. The van der Waals surface area contributed by atoms with Gasteiger partial charge >= 0.3 is 5.97 Å². The molecule has 1 heterocycles. The summed E-state index contributed by atoms with van der Waals surface area (Å²) in [5.74, 6) is -0.765. The minimum atomic E-state index is -1.11. The maximum Gasteiger partial charge on any atom is 0.335 e. The highest BCUT2D eigenvalue weighted by Gasteiger charge is 2.13. The molecule has 2 rings (SSSR count). The predicted molar refractivity (Wildman–Crippen MR) is 95.2 cm³/mol. The second kappa shape index (κ2) is 9.42. The Morgan fingerprint density at radius 1 is 1.12 bits per heavy atom. The van der Waals surface area contributed by atoms with Gasteiger partial charge in [0.2, 0.25) is 0 Å². The van der Waals surface area contributed by atoms with Crippen molar-refractivity contribution in [3.8, 4) is 5.75 Å². The van der Waals surface area contributed by atoms with Gasteiger partial charge in [-0.3, -0.25) is 4.79 Å². The molecule has 0 bridgehead atoms. The van der Waals surface area contributed by atoms with Crippen LogP contribution < -0.4 is 10.1 Å². The standard InChI is InChI=1S/C19H22N2O4/c1-2-3-4-7-10-25-16-12-14(11-15(13-16)19(23)24)18(22)21-17-8-5-6-9-20-17/h5-6,8-9,11-13H,2-4,7,10H2,1H3,(H,23,24)(H,20,21,22). The van der Waals surface area contributed by atoms with Crippen LogP contribution in [0.25, 0.3) is 0 Å². The Labute approximate surface area is 146 Å². The average Bonchev–Trinajstić information content (AvgIpc) is 2.62. The Hall–Kier alpha value is -2.89. The zero-order chi connectivity index (χ0) is 18.1. The van der Waals surface area contributed by atoms with Crippen LogP contribution in [0, 0.1) is 0 Å². The molecule has 0 radical (unpaired) electrons. The lowest BCUT2D eigenvalue weighted by Crippen LogP contribution is -2.14. The normalized spacial score (nSPS) is 10.3. The van der Waals surface area contributed by atoms with Crippen LogP contribution in [0.2, 0.25) is 0 Å². The number of amides is 1. The number of carbonyl (C=O) groups is 2. The molecule has 0 fully saturated rings. The molecule has 6 heteroatoms. The first-order chi connectivity index (χ1) is 12.1. The van der Waals surface area contributed by atoms with Crippen LogP contribution in [0.4, 0.5) is 5.82 Å². The number of unbranched alkanes of at least 4 members (excludes halogenated alkanes) is 3. The summed E-state index contributed by atoms with van der Waals surface area (Å²) < 4.78 is 5.63. The van der Waals surface area contributed by atoms with Gasteiger partial charge in [0.05, 0.1) is 12.2 Å². The number of benzene rings is 1. The van der Waals surface area contributed by atoms with Crippen molar-refractivity contribution in [2.24, 2.45) is 0 Å². The fraction of sp³-hybridized carbons (Fsp3) is 0.316. The quantitative estimate of drug-likeness (QED) is 0.673. The first kappa shape index (κ1) is 18.4. The molecule has 1 aromatic heterocycles. The largest absolute Gasteiger partial charge is 0.494 e. The molecule has 0 saturated heterocycles. The molecule has 1 amide bonds. The number of nitrogens with zero attached hydrogens (tertiary/aromatic N) is 1.